The zero-order valence-corrected chi connectivity index (χ0v) is 11.3. The van der Waals surface area contributed by atoms with Crippen LogP contribution in [0.15, 0.2) is 16.7 Å². The van der Waals surface area contributed by atoms with E-state index in [1.54, 1.807) is 0 Å². The maximum absolute atomic E-state index is 5.66. The zero-order chi connectivity index (χ0) is 12.4. The lowest BCUT2D eigenvalue weighted by atomic mass is 10.0. The molecule has 3 nitrogen and oxygen atoms in total. The fourth-order valence-corrected chi connectivity index (χ4v) is 3.55. The number of nitrogens with one attached hydrogen (secondary N) is 1. The maximum Gasteiger partial charge on any atom is 0.118 e. The number of nitrogens with zero attached hydrogens (tertiary/aromatic N) is 1. The highest BCUT2D eigenvalue weighted by atomic mass is 16.3. The van der Waals surface area contributed by atoms with Gasteiger partial charge in [0, 0.05) is 25.2 Å². The Bertz CT molecular complexity index is 376. The monoisotopic (exact) mass is 248 g/mol. The van der Waals surface area contributed by atoms with E-state index in [0.29, 0.717) is 0 Å². The number of fused-ring (bicyclic) bond motifs is 1. The van der Waals surface area contributed by atoms with Crippen LogP contribution in [0.25, 0.3) is 0 Å². The van der Waals surface area contributed by atoms with Crippen LogP contribution in [0.1, 0.15) is 37.5 Å². The zero-order valence-electron chi connectivity index (χ0n) is 11.3. The van der Waals surface area contributed by atoms with E-state index in [2.05, 4.69) is 23.2 Å². The Kier molecular flexibility index (Phi) is 3.71. The summed E-state index contributed by atoms with van der Waals surface area (Å²) in [5.41, 5.74) is 1.27. The molecule has 2 unspecified atom stereocenters. The van der Waals surface area contributed by atoms with E-state index >= 15 is 0 Å². The third-order valence-electron chi connectivity index (χ3n) is 4.47. The van der Waals surface area contributed by atoms with Crippen LogP contribution in [-0.2, 0) is 13.1 Å². The van der Waals surface area contributed by atoms with Crippen LogP contribution in [0.3, 0.4) is 0 Å². The number of hydrogen-bond acceptors (Lipinski definition) is 3. The Labute approximate surface area is 110 Å². The van der Waals surface area contributed by atoms with Gasteiger partial charge in [-0.15, -0.1) is 0 Å². The summed E-state index contributed by atoms with van der Waals surface area (Å²) in [4.78, 5) is 2.57. The normalized spacial score (nSPS) is 27.8. The van der Waals surface area contributed by atoms with Crippen molar-refractivity contribution in [1.82, 2.24) is 10.2 Å². The fraction of sp³-hybridized carbons (Fsp3) is 0.733. The highest BCUT2D eigenvalue weighted by molar-refractivity contribution is 5.13. The molecule has 0 spiro atoms. The van der Waals surface area contributed by atoms with Gasteiger partial charge in [0.05, 0.1) is 12.8 Å². The topological polar surface area (TPSA) is 28.4 Å². The van der Waals surface area contributed by atoms with Crippen LogP contribution >= 0.6 is 0 Å². The van der Waals surface area contributed by atoms with Crippen molar-refractivity contribution in [1.29, 1.82) is 0 Å². The molecule has 1 aliphatic heterocycles. The molecule has 18 heavy (non-hydrogen) atoms. The molecule has 3 rings (SSSR count). The average Bonchev–Trinajstić information content (AvgIpc) is 3.02. The van der Waals surface area contributed by atoms with Crippen molar-refractivity contribution in [3.8, 4) is 0 Å². The van der Waals surface area contributed by atoms with Gasteiger partial charge in [-0.1, -0.05) is 13.3 Å². The average molecular weight is 248 g/mol. The molecule has 0 aromatic carbocycles. The first-order valence-corrected chi connectivity index (χ1v) is 7.34. The van der Waals surface area contributed by atoms with Crippen molar-refractivity contribution in [2.24, 2.45) is 11.8 Å². The molecular weight excluding hydrogens is 224 g/mol. The molecule has 1 aromatic heterocycles. The van der Waals surface area contributed by atoms with Gasteiger partial charge in [-0.2, -0.15) is 0 Å². The summed E-state index contributed by atoms with van der Waals surface area (Å²) in [5, 5.41) is 3.33. The molecule has 0 amide bonds. The molecule has 1 saturated heterocycles. The molecule has 2 aliphatic rings. The molecule has 1 aliphatic carbocycles. The maximum atomic E-state index is 5.66. The second-order valence-electron chi connectivity index (χ2n) is 5.85. The minimum Gasteiger partial charge on any atom is -0.468 e. The van der Waals surface area contributed by atoms with Crippen molar-refractivity contribution >= 4 is 0 Å². The Morgan fingerprint density at radius 3 is 2.83 bits per heavy atom. The van der Waals surface area contributed by atoms with Gasteiger partial charge in [0.1, 0.15) is 5.76 Å². The molecule has 1 N–H and O–H groups in total. The van der Waals surface area contributed by atoms with Crippen LogP contribution < -0.4 is 5.32 Å². The second-order valence-corrected chi connectivity index (χ2v) is 5.85. The second kappa shape index (κ2) is 5.45. The first-order valence-electron chi connectivity index (χ1n) is 7.34. The van der Waals surface area contributed by atoms with E-state index in [4.69, 9.17) is 4.42 Å². The SMILES string of the molecule is CCNCc1coc(CN2CC3CCCC3C2)c1. The van der Waals surface area contributed by atoms with Gasteiger partial charge in [-0.05, 0) is 37.3 Å². The quantitative estimate of drug-likeness (QED) is 0.868. The fourth-order valence-electron chi connectivity index (χ4n) is 3.55. The Morgan fingerprint density at radius 2 is 2.11 bits per heavy atom. The van der Waals surface area contributed by atoms with Crippen molar-refractivity contribution < 1.29 is 4.42 Å². The van der Waals surface area contributed by atoms with Crippen LogP contribution in [0, 0.1) is 11.8 Å². The molecule has 1 aromatic rings. The van der Waals surface area contributed by atoms with E-state index in [1.165, 1.54) is 37.9 Å². The van der Waals surface area contributed by atoms with Gasteiger partial charge < -0.3 is 9.73 Å². The molecule has 100 valence electrons. The van der Waals surface area contributed by atoms with E-state index in [9.17, 15) is 0 Å². The third kappa shape index (κ3) is 2.62. The van der Waals surface area contributed by atoms with Crippen molar-refractivity contribution in [2.45, 2.75) is 39.3 Å². The lowest BCUT2D eigenvalue weighted by Crippen LogP contribution is -2.20. The van der Waals surface area contributed by atoms with E-state index < -0.39 is 0 Å². The summed E-state index contributed by atoms with van der Waals surface area (Å²) in [6.07, 6.45) is 6.25. The molecule has 0 bridgehead atoms. The van der Waals surface area contributed by atoms with Crippen LogP contribution in [0.5, 0.6) is 0 Å². The molecule has 1 saturated carbocycles. The first-order chi connectivity index (χ1) is 8.85. The van der Waals surface area contributed by atoms with Gasteiger partial charge in [0.25, 0.3) is 0 Å². The number of furan rings is 1. The highest BCUT2D eigenvalue weighted by Crippen LogP contribution is 2.38. The third-order valence-corrected chi connectivity index (χ3v) is 4.47. The van der Waals surface area contributed by atoms with Crippen molar-refractivity contribution in [3.05, 3.63) is 23.7 Å². The van der Waals surface area contributed by atoms with Crippen LogP contribution in [0.4, 0.5) is 0 Å². The molecule has 0 radical (unpaired) electrons. The largest absolute Gasteiger partial charge is 0.468 e. The van der Waals surface area contributed by atoms with Crippen molar-refractivity contribution in [3.63, 3.8) is 0 Å². The van der Waals surface area contributed by atoms with Gasteiger partial charge >= 0.3 is 0 Å². The van der Waals surface area contributed by atoms with Gasteiger partial charge in [0.2, 0.25) is 0 Å². The number of likely N-dealkylation sites (tertiary alicyclic amines) is 1. The summed E-state index contributed by atoms with van der Waals surface area (Å²) in [7, 11) is 0. The molecule has 2 heterocycles. The predicted molar refractivity (Wildman–Crippen MR) is 72.2 cm³/mol. The molecule has 2 atom stereocenters. The predicted octanol–water partition coefficient (Wildman–Crippen LogP) is 2.62. The summed E-state index contributed by atoms with van der Waals surface area (Å²) >= 11 is 0. The van der Waals surface area contributed by atoms with E-state index in [1.807, 2.05) is 6.26 Å². The van der Waals surface area contributed by atoms with Crippen molar-refractivity contribution in [2.75, 3.05) is 19.6 Å². The molecule has 2 fully saturated rings. The standard InChI is InChI=1S/C15H24N2O/c1-2-16-7-12-6-15(18-11-12)10-17-8-13-4-3-5-14(13)9-17/h6,11,13-14,16H,2-5,7-10H2,1H3. The van der Waals surface area contributed by atoms with Gasteiger partial charge in [0.15, 0.2) is 0 Å². The summed E-state index contributed by atoms with van der Waals surface area (Å²) < 4.78 is 5.66. The Balaban J connectivity index is 1.52. The Hall–Kier alpha value is -0.800. The van der Waals surface area contributed by atoms with Crippen LogP contribution in [0.2, 0.25) is 0 Å². The lowest BCUT2D eigenvalue weighted by Gasteiger charge is -2.14. The lowest BCUT2D eigenvalue weighted by molar-refractivity contribution is 0.276. The van der Waals surface area contributed by atoms with E-state index in [0.717, 1.165) is 37.2 Å². The number of hydrogen-bond donors (Lipinski definition) is 1. The highest BCUT2D eigenvalue weighted by Gasteiger charge is 2.35. The molecular formula is C15H24N2O. The summed E-state index contributed by atoms with van der Waals surface area (Å²) in [6, 6.07) is 2.21. The summed E-state index contributed by atoms with van der Waals surface area (Å²) in [5.74, 6) is 3.07. The first kappa shape index (κ1) is 12.2. The minimum atomic E-state index is 0.922. The summed E-state index contributed by atoms with van der Waals surface area (Å²) in [6.45, 7) is 7.63. The minimum absolute atomic E-state index is 0.922. The number of rotatable bonds is 5. The molecule has 3 heteroatoms. The van der Waals surface area contributed by atoms with Gasteiger partial charge in [-0.3, -0.25) is 4.90 Å². The Morgan fingerprint density at radius 1 is 1.33 bits per heavy atom. The van der Waals surface area contributed by atoms with E-state index in [-0.39, 0.29) is 0 Å². The van der Waals surface area contributed by atoms with Gasteiger partial charge in [-0.25, -0.2) is 0 Å². The van der Waals surface area contributed by atoms with Crippen LogP contribution in [-0.4, -0.2) is 24.5 Å². The smallest absolute Gasteiger partial charge is 0.118 e.